The molecule has 1 fully saturated rings. The van der Waals surface area contributed by atoms with Crippen molar-refractivity contribution in [3.8, 4) is 11.3 Å². The summed E-state index contributed by atoms with van der Waals surface area (Å²) in [5.41, 5.74) is 5.20. The summed E-state index contributed by atoms with van der Waals surface area (Å²) in [6, 6.07) is 20.9. The summed E-state index contributed by atoms with van der Waals surface area (Å²) in [6.07, 6.45) is 2.04. The topological polar surface area (TPSA) is 70.0 Å². The molecule has 0 spiro atoms. The van der Waals surface area contributed by atoms with E-state index in [0.29, 0.717) is 29.4 Å². The molecule has 35 heavy (non-hydrogen) atoms. The number of benzene rings is 2. The molecule has 178 valence electrons. The van der Waals surface area contributed by atoms with E-state index >= 15 is 0 Å². The summed E-state index contributed by atoms with van der Waals surface area (Å²) in [7, 11) is 0. The number of fused-ring (bicyclic) bond motifs is 1. The molecular weight excluding hydrogens is 462 g/mol. The first-order valence-corrected chi connectivity index (χ1v) is 12.0. The number of imidazole rings is 1. The molecule has 3 heterocycles. The lowest BCUT2D eigenvalue weighted by Gasteiger charge is -2.34. The third-order valence-electron chi connectivity index (χ3n) is 6.21. The van der Waals surface area contributed by atoms with Crippen molar-refractivity contribution in [2.24, 2.45) is 0 Å². The number of hydrogen-bond donors (Lipinski definition) is 1. The number of anilines is 1. The van der Waals surface area contributed by atoms with E-state index in [0.717, 1.165) is 42.2 Å². The summed E-state index contributed by atoms with van der Waals surface area (Å²) < 4.78 is 2.13. The van der Waals surface area contributed by atoms with Crippen LogP contribution >= 0.6 is 11.6 Å². The van der Waals surface area contributed by atoms with Crippen LogP contribution in [0.2, 0.25) is 5.02 Å². The van der Waals surface area contributed by atoms with Gasteiger partial charge in [0.05, 0.1) is 11.4 Å². The summed E-state index contributed by atoms with van der Waals surface area (Å²) in [6.45, 7) is 4.97. The minimum absolute atomic E-state index is 0.0199. The van der Waals surface area contributed by atoms with E-state index in [4.69, 9.17) is 16.6 Å². The van der Waals surface area contributed by atoms with Crippen molar-refractivity contribution in [1.82, 2.24) is 19.2 Å². The molecule has 1 N–H and O–H groups in total. The van der Waals surface area contributed by atoms with Gasteiger partial charge in [0.15, 0.2) is 0 Å². The van der Waals surface area contributed by atoms with Gasteiger partial charge >= 0.3 is 0 Å². The summed E-state index contributed by atoms with van der Waals surface area (Å²) in [5, 5.41) is 3.43. The fourth-order valence-corrected chi connectivity index (χ4v) is 4.60. The molecule has 0 atom stereocenters. The van der Waals surface area contributed by atoms with Crippen LogP contribution in [0.5, 0.6) is 0 Å². The number of amides is 2. The van der Waals surface area contributed by atoms with Gasteiger partial charge in [-0.3, -0.25) is 14.5 Å². The van der Waals surface area contributed by atoms with Crippen molar-refractivity contribution >= 4 is 34.7 Å². The fraction of sp³-hybridized carbons (Fsp3) is 0.222. The SMILES string of the molecule is CC(=O)Nc1cccc(C(=O)N2CCN(Cc3c(-c4ccc(Cl)cc4)nc4ccccn34)CC2)c1. The van der Waals surface area contributed by atoms with Crippen molar-refractivity contribution in [3.05, 3.63) is 89.2 Å². The Balaban J connectivity index is 1.31. The van der Waals surface area contributed by atoms with Crippen LogP contribution in [0.1, 0.15) is 23.0 Å². The maximum absolute atomic E-state index is 13.1. The molecule has 1 aliphatic heterocycles. The highest BCUT2D eigenvalue weighted by atomic mass is 35.5. The molecule has 2 amide bonds. The van der Waals surface area contributed by atoms with Crippen molar-refractivity contribution in [2.75, 3.05) is 31.5 Å². The number of piperazine rings is 1. The molecule has 4 aromatic rings. The first-order valence-electron chi connectivity index (χ1n) is 11.6. The Bertz CT molecular complexity index is 1370. The van der Waals surface area contributed by atoms with Gasteiger partial charge in [0.2, 0.25) is 5.91 Å². The Morgan fingerprint density at radius 2 is 1.74 bits per heavy atom. The third kappa shape index (κ3) is 5.06. The zero-order chi connectivity index (χ0) is 24.4. The smallest absolute Gasteiger partial charge is 0.254 e. The normalized spacial score (nSPS) is 14.3. The van der Waals surface area contributed by atoms with Crippen molar-refractivity contribution in [3.63, 3.8) is 0 Å². The number of halogens is 1. The number of pyridine rings is 1. The van der Waals surface area contributed by atoms with E-state index in [1.54, 1.807) is 24.3 Å². The van der Waals surface area contributed by atoms with Crippen LogP contribution in [0.4, 0.5) is 5.69 Å². The van der Waals surface area contributed by atoms with E-state index in [2.05, 4.69) is 14.6 Å². The molecule has 0 radical (unpaired) electrons. The van der Waals surface area contributed by atoms with E-state index < -0.39 is 0 Å². The lowest BCUT2D eigenvalue weighted by Crippen LogP contribution is -2.48. The minimum Gasteiger partial charge on any atom is -0.336 e. The van der Waals surface area contributed by atoms with Gasteiger partial charge in [-0.05, 0) is 42.5 Å². The molecule has 0 bridgehead atoms. The number of rotatable bonds is 5. The summed E-state index contributed by atoms with van der Waals surface area (Å²) in [5.74, 6) is -0.179. The van der Waals surface area contributed by atoms with Gasteiger partial charge in [0.1, 0.15) is 5.65 Å². The standard InChI is InChI=1S/C27H26ClN5O2/c1-19(34)29-23-6-4-5-21(17-23)27(35)32-15-13-31(14-16-32)18-24-26(20-8-10-22(28)11-9-20)30-25-7-2-3-12-33(24)25/h2-12,17H,13-16,18H2,1H3,(H,29,34). The zero-order valence-electron chi connectivity index (χ0n) is 19.4. The lowest BCUT2D eigenvalue weighted by molar-refractivity contribution is -0.114. The highest BCUT2D eigenvalue weighted by Crippen LogP contribution is 2.27. The molecule has 0 unspecified atom stereocenters. The zero-order valence-corrected chi connectivity index (χ0v) is 20.2. The van der Waals surface area contributed by atoms with Crippen LogP contribution in [0.15, 0.2) is 72.9 Å². The van der Waals surface area contributed by atoms with Crippen LogP contribution in [0, 0.1) is 0 Å². The number of carbonyl (C=O) groups excluding carboxylic acids is 2. The van der Waals surface area contributed by atoms with Crippen LogP contribution in [0.3, 0.4) is 0 Å². The van der Waals surface area contributed by atoms with Crippen molar-refractivity contribution < 1.29 is 9.59 Å². The number of hydrogen-bond acceptors (Lipinski definition) is 4. The molecule has 2 aromatic carbocycles. The van der Waals surface area contributed by atoms with Gasteiger partial charge in [0, 0.05) is 67.7 Å². The lowest BCUT2D eigenvalue weighted by atomic mass is 10.1. The Morgan fingerprint density at radius 1 is 0.971 bits per heavy atom. The molecule has 1 saturated heterocycles. The second-order valence-corrected chi connectivity index (χ2v) is 9.11. The van der Waals surface area contributed by atoms with E-state index in [1.807, 2.05) is 53.6 Å². The molecule has 0 aliphatic carbocycles. The Hall–Kier alpha value is -3.68. The highest BCUT2D eigenvalue weighted by molar-refractivity contribution is 6.30. The average Bonchev–Trinajstić information content (AvgIpc) is 3.22. The Labute approximate surface area is 208 Å². The first kappa shape index (κ1) is 23.1. The molecule has 8 heteroatoms. The summed E-state index contributed by atoms with van der Waals surface area (Å²) >= 11 is 6.10. The van der Waals surface area contributed by atoms with Gasteiger partial charge in [0.25, 0.3) is 5.91 Å². The Kier molecular flexibility index (Phi) is 6.53. The number of aromatic nitrogens is 2. The van der Waals surface area contributed by atoms with Gasteiger partial charge in [-0.1, -0.05) is 35.9 Å². The van der Waals surface area contributed by atoms with Crippen LogP contribution in [-0.2, 0) is 11.3 Å². The van der Waals surface area contributed by atoms with E-state index in [1.165, 1.54) is 6.92 Å². The maximum atomic E-state index is 13.1. The second kappa shape index (κ2) is 9.90. The van der Waals surface area contributed by atoms with Gasteiger partial charge in [-0.15, -0.1) is 0 Å². The van der Waals surface area contributed by atoms with E-state index in [9.17, 15) is 9.59 Å². The van der Waals surface area contributed by atoms with Gasteiger partial charge in [-0.25, -0.2) is 4.98 Å². The first-order chi connectivity index (χ1) is 17.0. The number of nitrogens with zero attached hydrogens (tertiary/aromatic N) is 4. The monoisotopic (exact) mass is 487 g/mol. The molecule has 0 saturated carbocycles. The molecular formula is C27H26ClN5O2. The van der Waals surface area contributed by atoms with Crippen molar-refractivity contribution in [1.29, 1.82) is 0 Å². The molecule has 2 aromatic heterocycles. The number of nitrogens with one attached hydrogen (secondary N) is 1. The quantitative estimate of drug-likeness (QED) is 0.447. The summed E-state index contributed by atoms with van der Waals surface area (Å²) in [4.78, 5) is 33.5. The molecule has 5 rings (SSSR count). The maximum Gasteiger partial charge on any atom is 0.254 e. The predicted octanol–water partition coefficient (Wildman–Crippen LogP) is 4.57. The van der Waals surface area contributed by atoms with Crippen LogP contribution < -0.4 is 5.32 Å². The Morgan fingerprint density at radius 3 is 2.49 bits per heavy atom. The number of carbonyl (C=O) groups is 2. The largest absolute Gasteiger partial charge is 0.336 e. The van der Waals surface area contributed by atoms with Crippen LogP contribution in [0.25, 0.3) is 16.9 Å². The molecule has 7 nitrogen and oxygen atoms in total. The van der Waals surface area contributed by atoms with E-state index in [-0.39, 0.29) is 11.8 Å². The van der Waals surface area contributed by atoms with Gasteiger partial charge < -0.3 is 14.6 Å². The second-order valence-electron chi connectivity index (χ2n) is 8.67. The predicted molar refractivity (Wildman–Crippen MR) is 138 cm³/mol. The van der Waals surface area contributed by atoms with Crippen LogP contribution in [-0.4, -0.2) is 57.2 Å². The molecule has 1 aliphatic rings. The minimum atomic E-state index is -0.159. The third-order valence-corrected chi connectivity index (χ3v) is 6.46. The fourth-order valence-electron chi connectivity index (χ4n) is 4.47. The van der Waals surface area contributed by atoms with Crippen molar-refractivity contribution in [2.45, 2.75) is 13.5 Å². The average molecular weight is 488 g/mol. The van der Waals surface area contributed by atoms with Gasteiger partial charge in [-0.2, -0.15) is 0 Å². The highest BCUT2D eigenvalue weighted by Gasteiger charge is 2.24.